The lowest BCUT2D eigenvalue weighted by Crippen LogP contribution is -2.37. The third-order valence-electron chi connectivity index (χ3n) is 4.88. The number of nitrogens with zero attached hydrogens (tertiary/aromatic N) is 1. The Hall–Kier alpha value is -2.26. The van der Waals surface area contributed by atoms with Gasteiger partial charge in [-0.3, -0.25) is 4.99 Å². The van der Waals surface area contributed by atoms with Crippen molar-refractivity contribution >= 4 is 46.5 Å². The number of halogens is 1. The summed E-state index contributed by atoms with van der Waals surface area (Å²) in [6.07, 6.45) is 3.04. The van der Waals surface area contributed by atoms with Crippen molar-refractivity contribution in [1.82, 2.24) is 15.6 Å². The average molecular weight is 521 g/mol. The molecule has 6 nitrogen and oxygen atoms in total. The standard InChI is InChI=1S/C23H31N5O.HI/c1-17-4-9-21-19(16-27-22(21)14-17)10-11-26-23(24-2)28-15-18-5-7-20(8-6-18)25-12-13-29-3;/h4-9,14,16,25,27H,10-13,15H2,1-3H3,(H2,24,26,28);1H. The summed E-state index contributed by atoms with van der Waals surface area (Å²) in [4.78, 5) is 7.69. The van der Waals surface area contributed by atoms with E-state index in [-0.39, 0.29) is 24.0 Å². The Labute approximate surface area is 195 Å². The Morgan fingerprint density at radius 2 is 1.87 bits per heavy atom. The second-order valence-electron chi connectivity index (χ2n) is 7.08. The molecular weight excluding hydrogens is 489 g/mol. The third-order valence-corrected chi connectivity index (χ3v) is 4.88. The maximum atomic E-state index is 5.05. The van der Waals surface area contributed by atoms with Gasteiger partial charge in [-0.05, 0) is 48.2 Å². The van der Waals surface area contributed by atoms with Crippen LogP contribution in [0.5, 0.6) is 0 Å². The molecule has 0 aliphatic carbocycles. The minimum atomic E-state index is 0. The van der Waals surface area contributed by atoms with Crippen LogP contribution in [0.3, 0.4) is 0 Å². The number of methoxy groups -OCH3 is 1. The summed E-state index contributed by atoms with van der Waals surface area (Å²) in [5.74, 6) is 0.808. The van der Waals surface area contributed by atoms with Crippen LogP contribution in [0.1, 0.15) is 16.7 Å². The number of anilines is 1. The van der Waals surface area contributed by atoms with Crippen LogP contribution in [0.2, 0.25) is 0 Å². The van der Waals surface area contributed by atoms with Crippen LogP contribution in [0.4, 0.5) is 5.69 Å². The molecule has 3 aromatic rings. The molecule has 0 radical (unpaired) electrons. The van der Waals surface area contributed by atoms with E-state index in [0.29, 0.717) is 6.61 Å². The molecule has 4 N–H and O–H groups in total. The van der Waals surface area contributed by atoms with E-state index in [4.69, 9.17) is 4.74 Å². The number of H-pyrrole nitrogens is 1. The van der Waals surface area contributed by atoms with Crippen LogP contribution in [-0.4, -0.2) is 44.8 Å². The predicted octanol–water partition coefficient (Wildman–Crippen LogP) is 4.06. The fraction of sp³-hybridized carbons (Fsp3) is 0.348. The number of ether oxygens (including phenoxy) is 1. The molecule has 2 aromatic carbocycles. The fourth-order valence-electron chi connectivity index (χ4n) is 3.27. The third kappa shape index (κ3) is 6.91. The zero-order valence-corrected chi connectivity index (χ0v) is 20.2. The van der Waals surface area contributed by atoms with E-state index in [1.165, 1.54) is 27.6 Å². The lowest BCUT2D eigenvalue weighted by atomic mass is 10.1. The number of fused-ring (bicyclic) bond motifs is 1. The SMILES string of the molecule is CN=C(NCCc1c[nH]c2cc(C)ccc12)NCc1ccc(NCCOC)cc1.I. The predicted molar refractivity (Wildman–Crippen MR) is 137 cm³/mol. The van der Waals surface area contributed by atoms with Crippen LogP contribution in [0, 0.1) is 6.92 Å². The van der Waals surface area contributed by atoms with Crippen LogP contribution in [-0.2, 0) is 17.7 Å². The van der Waals surface area contributed by atoms with Gasteiger partial charge in [-0.1, -0.05) is 24.3 Å². The number of aromatic nitrogens is 1. The number of aromatic amines is 1. The van der Waals surface area contributed by atoms with E-state index < -0.39 is 0 Å². The second kappa shape index (κ2) is 12.4. The van der Waals surface area contributed by atoms with Gasteiger partial charge in [0.15, 0.2) is 5.96 Å². The molecule has 0 amide bonds. The van der Waals surface area contributed by atoms with E-state index in [2.05, 4.69) is 81.5 Å². The summed E-state index contributed by atoms with van der Waals surface area (Å²) >= 11 is 0. The van der Waals surface area contributed by atoms with Gasteiger partial charge in [-0.15, -0.1) is 24.0 Å². The summed E-state index contributed by atoms with van der Waals surface area (Å²) in [6.45, 7) is 5.17. The molecule has 162 valence electrons. The highest BCUT2D eigenvalue weighted by Gasteiger charge is 2.04. The maximum Gasteiger partial charge on any atom is 0.191 e. The number of aliphatic imine (C=N–C) groups is 1. The van der Waals surface area contributed by atoms with E-state index >= 15 is 0 Å². The van der Waals surface area contributed by atoms with Crippen molar-refractivity contribution in [1.29, 1.82) is 0 Å². The first-order valence-corrected chi connectivity index (χ1v) is 10.0. The zero-order valence-electron chi connectivity index (χ0n) is 17.9. The Morgan fingerprint density at radius 3 is 2.60 bits per heavy atom. The van der Waals surface area contributed by atoms with E-state index in [0.717, 1.165) is 37.7 Å². The molecule has 0 saturated carbocycles. The summed E-state index contributed by atoms with van der Waals surface area (Å²) in [6, 6.07) is 14.9. The molecule has 0 fully saturated rings. The molecule has 0 atom stereocenters. The second-order valence-corrected chi connectivity index (χ2v) is 7.08. The van der Waals surface area contributed by atoms with E-state index in [1.54, 1.807) is 14.2 Å². The molecule has 0 aliphatic heterocycles. The minimum Gasteiger partial charge on any atom is -0.383 e. The van der Waals surface area contributed by atoms with Gasteiger partial charge in [0.05, 0.1) is 6.61 Å². The maximum absolute atomic E-state index is 5.05. The van der Waals surface area contributed by atoms with Crippen molar-refractivity contribution in [2.24, 2.45) is 4.99 Å². The number of rotatable bonds is 9. The van der Waals surface area contributed by atoms with Crippen LogP contribution in [0.15, 0.2) is 53.7 Å². The van der Waals surface area contributed by atoms with Crippen LogP contribution < -0.4 is 16.0 Å². The van der Waals surface area contributed by atoms with Crippen molar-refractivity contribution in [3.63, 3.8) is 0 Å². The highest BCUT2D eigenvalue weighted by Crippen LogP contribution is 2.19. The van der Waals surface area contributed by atoms with Crippen molar-refractivity contribution in [3.05, 3.63) is 65.4 Å². The molecule has 7 heteroatoms. The molecular formula is C23H32IN5O. The number of hydrogen-bond donors (Lipinski definition) is 4. The molecule has 0 bridgehead atoms. The molecule has 1 heterocycles. The molecule has 30 heavy (non-hydrogen) atoms. The van der Waals surface area contributed by atoms with E-state index in [9.17, 15) is 0 Å². The molecule has 0 spiro atoms. The van der Waals surface area contributed by atoms with Gasteiger partial charge in [-0.25, -0.2) is 0 Å². The van der Waals surface area contributed by atoms with Gasteiger partial charge >= 0.3 is 0 Å². The Bertz CT molecular complexity index is 936. The molecule has 0 unspecified atom stereocenters. The Kier molecular flexibility index (Phi) is 9.96. The smallest absolute Gasteiger partial charge is 0.191 e. The van der Waals surface area contributed by atoms with Crippen molar-refractivity contribution in [2.45, 2.75) is 19.9 Å². The monoisotopic (exact) mass is 521 g/mol. The summed E-state index contributed by atoms with van der Waals surface area (Å²) in [5, 5.41) is 11.4. The largest absolute Gasteiger partial charge is 0.383 e. The Balaban J connectivity index is 0.00000320. The van der Waals surface area contributed by atoms with Crippen LogP contribution in [0.25, 0.3) is 10.9 Å². The van der Waals surface area contributed by atoms with Gasteiger partial charge < -0.3 is 25.7 Å². The lowest BCUT2D eigenvalue weighted by Gasteiger charge is -2.12. The first kappa shape index (κ1) is 24.0. The number of hydrogen-bond acceptors (Lipinski definition) is 3. The van der Waals surface area contributed by atoms with Gasteiger partial charge in [0.25, 0.3) is 0 Å². The molecule has 0 saturated heterocycles. The van der Waals surface area contributed by atoms with E-state index in [1.807, 2.05) is 0 Å². The number of nitrogens with one attached hydrogen (secondary N) is 4. The average Bonchev–Trinajstić information content (AvgIpc) is 3.13. The van der Waals surface area contributed by atoms with Crippen molar-refractivity contribution < 1.29 is 4.74 Å². The quantitative estimate of drug-likeness (QED) is 0.148. The number of benzene rings is 2. The van der Waals surface area contributed by atoms with Gasteiger partial charge in [0.1, 0.15) is 0 Å². The minimum absolute atomic E-state index is 0. The molecule has 3 rings (SSSR count). The topological polar surface area (TPSA) is 73.5 Å². The summed E-state index contributed by atoms with van der Waals surface area (Å²) in [5.41, 5.74) is 6.09. The zero-order chi connectivity index (χ0) is 20.5. The molecule has 1 aromatic heterocycles. The highest BCUT2D eigenvalue weighted by atomic mass is 127. The fourth-order valence-corrected chi connectivity index (χ4v) is 3.27. The van der Waals surface area contributed by atoms with Crippen molar-refractivity contribution in [2.75, 3.05) is 39.2 Å². The van der Waals surface area contributed by atoms with Gasteiger partial charge in [0, 0.05) is 56.6 Å². The number of guanidine groups is 1. The van der Waals surface area contributed by atoms with Gasteiger partial charge in [0.2, 0.25) is 0 Å². The normalized spacial score (nSPS) is 11.2. The lowest BCUT2D eigenvalue weighted by molar-refractivity contribution is 0.211. The molecule has 0 aliphatic rings. The van der Waals surface area contributed by atoms with Gasteiger partial charge in [-0.2, -0.15) is 0 Å². The first-order valence-electron chi connectivity index (χ1n) is 10.0. The summed E-state index contributed by atoms with van der Waals surface area (Å²) in [7, 11) is 3.51. The number of aryl methyl sites for hydroxylation is 1. The van der Waals surface area contributed by atoms with Crippen LogP contribution >= 0.6 is 24.0 Å². The Morgan fingerprint density at radius 1 is 1.07 bits per heavy atom. The highest BCUT2D eigenvalue weighted by molar-refractivity contribution is 14.0. The first-order chi connectivity index (χ1) is 14.2. The van der Waals surface area contributed by atoms with Crippen molar-refractivity contribution in [3.8, 4) is 0 Å². The summed E-state index contributed by atoms with van der Waals surface area (Å²) < 4.78 is 5.05.